The van der Waals surface area contributed by atoms with E-state index >= 15 is 0 Å². The number of halogens is 2. The molecule has 1 aromatic carbocycles. The maximum Gasteiger partial charge on any atom is 0.0453 e. The van der Waals surface area contributed by atoms with Gasteiger partial charge in [-0.05, 0) is 42.9 Å². The van der Waals surface area contributed by atoms with Gasteiger partial charge in [0.05, 0.1) is 0 Å². The van der Waals surface area contributed by atoms with Crippen molar-refractivity contribution in [2.75, 3.05) is 0 Å². The van der Waals surface area contributed by atoms with Crippen molar-refractivity contribution in [2.24, 2.45) is 11.8 Å². The Kier molecular flexibility index (Phi) is 4.69. The minimum atomic E-state index is 0.273. The smallest absolute Gasteiger partial charge is 0.0453 e. The molecule has 94 valence electrons. The molecule has 0 radical (unpaired) electrons. The van der Waals surface area contributed by atoms with Crippen LogP contribution in [0.3, 0.4) is 0 Å². The van der Waals surface area contributed by atoms with Crippen molar-refractivity contribution in [1.82, 2.24) is 5.43 Å². The van der Waals surface area contributed by atoms with Gasteiger partial charge in [0.15, 0.2) is 0 Å². The number of hydrogen-bond donors (Lipinski definition) is 2. The van der Waals surface area contributed by atoms with Gasteiger partial charge in [-0.15, -0.1) is 0 Å². The summed E-state index contributed by atoms with van der Waals surface area (Å²) in [6.45, 7) is 0. The molecule has 0 aromatic heterocycles. The van der Waals surface area contributed by atoms with E-state index in [1.54, 1.807) is 0 Å². The Morgan fingerprint density at radius 3 is 2.35 bits per heavy atom. The molecule has 17 heavy (non-hydrogen) atoms. The molecule has 1 aliphatic rings. The summed E-state index contributed by atoms with van der Waals surface area (Å²) >= 11 is 12.4. The van der Waals surface area contributed by atoms with Crippen LogP contribution in [0.1, 0.15) is 31.2 Å². The first kappa shape index (κ1) is 13.2. The summed E-state index contributed by atoms with van der Waals surface area (Å²) in [4.78, 5) is 0. The molecule has 2 nitrogen and oxygen atoms in total. The molecule has 0 amide bonds. The lowest BCUT2D eigenvalue weighted by Gasteiger charge is -2.23. The molecule has 0 bridgehead atoms. The van der Waals surface area contributed by atoms with Gasteiger partial charge < -0.3 is 0 Å². The highest BCUT2D eigenvalue weighted by Gasteiger charge is 2.25. The summed E-state index contributed by atoms with van der Waals surface area (Å²) in [6, 6.07) is 5.90. The normalized spacial score (nSPS) is 18.5. The fraction of sp³-hybridized carbons (Fsp3) is 0.538. The van der Waals surface area contributed by atoms with Crippen LogP contribution < -0.4 is 11.3 Å². The van der Waals surface area contributed by atoms with Crippen LogP contribution in [0, 0.1) is 5.92 Å². The number of hydrogen-bond acceptors (Lipinski definition) is 2. The van der Waals surface area contributed by atoms with Gasteiger partial charge in [0, 0.05) is 16.1 Å². The van der Waals surface area contributed by atoms with Crippen LogP contribution in [0.2, 0.25) is 10.0 Å². The van der Waals surface area contributed by atoms with Crippen molar-refractivity contribution in [3.05, 3.63) is 33.8 Å². The maximum absolute atomic E-state index is 6.18. The first-order chi connectivity index (χ1) is 8.22. The summed E-state index contributed by atoms with van der Waals surface area (Å²) in [5, 5.41) is 1.46. The highest BCUT2D eigenvalue weighted by atomic mass is 35.5. The predicted molar refractivity (Wildman–Crippen MR) is 73.2 cm³/mol. The van der Waals surface area contributed by atoms with Crippen molar-refractivity contribution >= 4 is 23.2 Å². The first-order valence-electron chi connectivity index (χ1n) is 6.11. The fourth-order valence-corrected chi connectivity index (χ4v) is 3.22. The standard InChI is InChI=1S/C13H18Cl2N2/c14-11-6-3-7-12(15)10(11)8-13(17-16)9-4-1-2-5-9/h3,6-7,9,13,17H,1-2,4-5,8,16H2. The number of nitrogens with one attached hydrogen (secondary N) is 1. The van der Waals surface area contributed by atoms with Gasteiger partial charge in [-0.3, -0.25) is 11.3 Å². The zero-order valence-corrected chi connectivity index (χ0v) is 11.3. The predicted octanol–water partition coefficient (Wildman–Crippen LogP) is 3.56. The molecule has 1 saturated carbocycles. The molecule has 0 heterocycles. The van der Waals surface area contributed by atoms with Crippen molar-refractivity contribution in [1.29, 1.82) is 0 Å². The molecule has 1 unspecified atom stereocenters. The number of rotatable bonds is 4. The second-order valence-corrected chi connectivity index (χ2v) is 5.54. The molecule has 0 aliphatic heterocycles. The van der Waals surface area contributed by atoms with Crippen molar-refractivity contribution < 1.29 is 0 Å². The van der Waals surface area contributed by atoms with Crippen molar-refractivity contribution in [3.8, 4) is 0 Å². The second kappa shape index (κ2) is 6.05. The molecule has 1 aliphatic carbocycles. The highest BCUT2D eigenvalue weighted by molar-refractivity contribution is 6.36. The van der Waals surface area contributed by atoms with E-state index in [2.05, 4.69) is 5.43 Å². The monoisotopic (exact) mass is 272 g/mol. The van der Waals surface area contributed by atoms with Gasteiger partial charge in [0.1, 0.15) is 0 Å². The molecule has 1 fully saturated rings. The molecule has 3 N–H and O–H groups in total. The lowest BCUT2D eigenvalue weighted by atomic mass is 9.92. The first-order valence-corrected chi connectivity index (χ1v) is 6.87. The van der Waals surface area contributed by atoms with E-state index in [0.29, 0.717) is 5.92 Å². The molecular formula is C13H18Cl2N2. The average molecular weight is 273 g/mol. The molecule has 1 aromatic rings. The summed E-state index contributed by atoms with van der Waals surface area (Å²) in [5.74, 6) is 6.31. The number of hydrazine groups is 1. The topological polar surface area (TPSA) is 38.0 Å². The second-order valence-electron chi connectivity index (χ2n) is 4.72. The Morgan fingerprint density at radius 1 is 1.24 bits per heavy atom. The van der Waals surface area contributed by atoms with Gasteiger partial charge in [-0.2, -0.15) is 0 Å². The van der Waals surface area contributed by atoms with Crippen LogP contribution >= 0.6 is 23.2 Å². The third kappa shape index (κ3) is 3.14. The Bertz CT molecular complexity index is 355. The number of benzene rings is 1. The summed E-state index contributed by atoms with van der Waals surface area (Å²) in [6.07, 6.45) is 5.91. The van der Waals surface area contributed by atoms with Crippen LogP contribution in [-0.4, -0.2) is 6.04 Å². The molecular weight excluding hydrogens is 255 g/mol. The molecule has 2 rings (SSSR count). The van der Waals surface area contributed by atoms with E-state index in [4.69, 9.17) is 29.0 Å². The van der Waals surface area contributed by atoms with Gasteiger partial charge in [-0.25, -0.2) is 0 Å². The zero-order chi connectivity index (χ0) is 12.3. The third-order valence-corrected chi connectivity index (χ3v) is 4.38. The lowest BCUT2D eigenvalue weighted by Crippen LogP contribution is -2.41. The van der Waals surface area contributed by atoms with Gasteiger partial charge in [0.25, 0.3) is 0 Å². The van der Waals surface area contributed by atoms with Crippen molar-refractivity contribution in [3.63, 3.8) is 0 Å². The lowest BCUT2D eigenvalue weighted by molar-refractivity contribution is 0.361. The Morgan fingerprint density at radius 2 is 1.82 bits per heavy atom. The van der Waals surface area contributed by atoms with E-state index in [0.717, 1.165) is 22.0 Å². The quantitative estimate of drug-likeness (QED) is 0.650. The average Bonchev–Trinajstić information content (AvgIpc) is 2.82. The van der Waals surface area contributed by atoms with E-state index in [9.17, 15) is 0 Å². The Hall–Kier alpha value is -0.280. The Balaban J connectivity index is 2.12. The van der Waals surface area contributed by atoms with E-state index < -0.39 is 0 Å². The highest BCUT2D eigenvalue weighted by Crippen LogP contribution is 2.32. The molecule has 4 heteroatoms. The fourth-order valence-electron chi connectivity index (χ4n) is 2.67. The minimum Gasteiger partial charge on any atom is -0.271 e. The van der Waals surface area contributed by atoms with E-state index in [-0.39, 0.29) is 6.04 Å². The zero-order valence-electron chi connectivity index (χ0n) is 9.76. The van der Waals surface area contributed by atoms with Gasteiger partial charge in [-0.1, -0.05) is 42.1 Å². The van der Waals surface area contributed by atoms with Crippen LogP contribution in [0.25, 0.3) is 0 Å². The van der Waals surface area contributed by atoms with Crippen LogP contribution in [0.4, 0.5) is 0 Å². The molecule has 1 atom stereocenters. The Labute approximate surface area is 112 Å². The maximum atomic E-state index is 6.18. The van der Waals surface area contributed by atoms with Gasteiger partial charge in [0.2, 0.25) is 0 Å². The minimum absolute atomic E-state index is 0.273. The largest absolute Gasteiger partial charge is 0.271 e. The van der Waals surface area contributed by atoms with Crippen LogP contribution in [0.5, 0.6) is 0 Å². The van der Waals surface area contributed by atoms with Crippen LogP contribution in [-0.2, 0) is 6.42 Å². The molecule has 0 spiro atoms. The molecule has 0 saturated heterocycles. The van der Waals surface area contributed by atoms with E-state index in [1.807, 2.05) is 18.2 Å². The summed E-state index contributed by atoms with van der Waals surface area (Å²) in [5.41, 5.74) is 3.93. The van der Waals surface area contributed by atoms with E-state index in [1.165, 1.54) is 25.7 Å². The summed E-state index contributed by atoms with van der Waals surface area (Å²) < 4.78 is 0. The SMILES string of the molecule is NNC(Cc1c(Cl)cccc1Cl)C1CCCC1. The van der Waals surface area contributed by atoms with Gasteiger partial charge >= 0.3 is 0 Å². The third-order valence-electron chi connectivity index (χ3n) is 3.67. The van der Waals surface area contributed by atoms with Crippen LogP contribution in [0.15, 0.2) is 18.2 Å². The van der Waals surface area contributed by atoms with Crippen molar-refractivity contribution in [2.45, 2.75) is 38.1 Å². The number of nitrogens with two attached hydrogens (primary N) is 1. The summed E-state index contributed by atoms with van der Waals surface area (Å²) in [7, 11) is 0.